The van der Waals surface area contributed by atoms with Gasteiger partial charge in [0.05, 0.1) is 18.0 Å². The van der Waals surface area contributed by atoms with Gasteiger partial charge in [-0.25, -0.2) is 0 Å². The highest BCUT2D eigenvalue weighted by Gasteiger charge is 2.18. The predicted molar refractivity (Wildman–Crippen MR) is 79.5 cm³/mol. The summed E-state index contributed by atoms with van der Waals surface area (Å²) in [5.74, 6) is 0. The van der Waals surface area contributed by atoms with Crippen molar-refractivity contribution >= 4 is 22.5 Å². The molecule has 98 valence electrons. The Bertz CT molecular complexity index is 676. The third kappa shape index (κ3) is 2.72. The molecule has 2 aromatic rings. The first-order chi connectivity index (χ1) is 8.82. The van der Waals surface area contributed by atoms with E-state index in [1.54, 1.807) is 0 Å². The molecule has 0 saturated heterocycles. The van der Waals surface area contributed by atoms with Crippen molar-refractivity contribution in [3.8, 4) is 6.07 Å². The van der Waals surface area contributed by atoms with E-state index < -0.39 is 0 Å². The smallest absolute Gasteiger partial charge is 0.0738 e. The van der Waals surface area contributed by atoms with E-state index in [0.29, 0.717) is 11.4 Å². The van der Waals surface area contributed by atoms with Gasteiger partial charge in [0.1, 0.15) is 0 Å². The minimum atomic E-state index is -0.0372. The molecule has 0 aliphatic heterocycles. The molecule has 0 fully saturated rings. The summed E-state index contributed by atoms with van der Waals surface area (Å²) in [5, 5.41) is 10.7. The highest BCUT2D eigenvalue weighted by atomic mass is 35.5. The average molecular weight is 273 g/mol. The lowest BCUT2D eigenvalue weighted by Gasteiger charge is -2.20. The lowest BCUT2D eigenvalue weighted by Crippen LogP contribution is -2.14. The van der Waals surface area contributed by atoms with Crippen LogP contribution in [0.4, 0.5) is 0 Å². The van der Waals surface area contributed by atoms with E-state index in [2.05, 4.69) is 26.8 Å². The van der Waals surface area contributed by atoms with Crippen molar-refractivity contribution in [2.45, 2.75) is 39.5 Å². The van der Waals surface area contributed by atoms with E-state index in [9.17, 15) is 0 Å². The molecule has 19 heavy (non-hydrogen) atoms. The van der Waals surface area contributed by atoms with Gasteiger partial charge >= 0.3 is 0 Å². The number of hydrogen-bond donors (Lipinski definition) is 0. The van der Waals surface area contributed by atoms with Gasteiger partial charge in [-0.2, -0.15) is 5.26 Å². The highest BCUT2D eigenvalue weighted by Crippen LogP contribution is 2.30. The summed E-state index contributed by atoms with van der Waals surface area (Å²) in [4.78, 5) is 4.76. The number of nitriles is 1. The Morgan fingerprint density at radius 3 is 2.53 bits per heavy atom. The SMILES string of the molecule is Cc1cc(Cl)cc2c(CC#N)cc(C(C)(C)C)nc12. The van der Waals surface area contributed by atoms with E-state index >= 15 is 0 Å². The van der Waals surface area contributed by atoms with Gasteiger partial charge in [-0.1, -0.05) is 32.4 Å². The van der Waals surface area contributed by atoms with Crippen molar-refractivity contribution in [1.29, 1.82) is 5.26 Å². The number of rotatable bonds is 1. The third-order valence-corrected chi connectivity index (χ3v) is 3.41. The second kappa shape index (κ2) is 4.83. The van der Waals surface area contributed by atoms with Crippen LogP contribution in [-0.4, -0.2) is 4.98 Å². The molecular weight excluding hydrogens is 256 g/mol. The molecule has 3 heteroatoms. The second-order valence-corrected chi connectivity index (χ2v) is 6.31. The van der Waals surface area contributed by atoms with Crippen molar-refractivity contribution in [1.82, 2.24) is 4.98 Å². The Balaban J connectivity index is 2.84. The van der Waals surface area contributed by atoms with Crippen LogP contribution in [0.25, 0.3) is 10.9 Å². The molecule has 0 aliphatic rings. The number of halogens is 1. The minimum Gasteiger partial charge on any atom is -0.252 e. The molecule has 0 amide bonds. The van der Waals surface area contributed by atoms with Crippen molar-refractivity contribution in [3.05, 3.63) is 40.0 Å². The first-order valence-electron chi connectivity index (χ1n) is 6.30. The standard InChI is InChI=1S/C16H17ClN2/c1-10-7-12(17)9-13-11(5-6-18)8-14(16(2,3)4)19-15(10)13/h7-9H,5H2,1-4H3. The van der Waals surface area contributed by atoms with E-state index in [4.69, 9.17) is 21.8 Å². The van der Waals surface area contributed by atoms with E-state index in [-0.39, 0.29) is 5.41 Å². The van der Waals surface area contributed by atoms with Crippen LogP contribution < -0.4 is 0 Å². The summed E-state index contributed by atoms with van der Waals surface area (Å²) in [6.45, 7) is 8.39. The minimum absolute atomic E-state index is 0.0372. The third-order valence-electron chi connectivity index (χ3n) is 3.19. The van der Waals surface area contributed by atoms with Crippen LogP contribution in [0.2, 0.25) is 5.02 Å². The second-order valence-electron chi connectivity index (χ2n) is 5.87. The maximum absolute atomic E-state index is 9.01. The van der Waals surface area contributed by atoms with Crippen molar-refractivity contribution in [2.75, 3.05) is 0 Å². The lowest BCUT2D eigenvalue weighted by molar-refractivity contribution is 0.570. The van der Waals surface area contributed by atoms with Crippen LogP contribution in [0, 0.1) is 18.3 Å². The first kappa shape index (κ1) is 13.8. The first-order valence-corrected chi connectivity index (χ1v) is 6.68. The zero-order chi connectivity index (χ0) is 14.2. The summed E-state index contributed by atoms with van der Waals surface area (Å²) in [5.41, 5.74) is 3.97. The molecule has 0 aliphatic carbocycles. The summed E-state index contributed by atoms with van der Waals surface area (Å²) >= 11 is 6.12. The van der Waals surface area contributed by atoms with Crippen molar-refractivity contribution in [3.63, 3.8) is 0 Å². The zero-order valence-electron chi connectivity index (χ0n) is 11.7. The Morgan fingerprint density at radius 1 is 1.26 bits per heavy atom. The molecule has 1 aromatic carbocycles. The largest absolute Gasteiger partial charge is 0.252 e. The van der Waals surface area contributed by atoms with Gasteiger partial charge in [-0.15, -0.1) is 0 Å². The maximum Gasteiger partial charge on any atom is 0.0738 e. The number of aryl methyl sites for hydroxylation is 1. The topological polar surface area (TPSA) is 36.7 Å². The molecule has 2 rings (SSSR count). The number of hydrogen-bond acceptors (Lipinski definition) is 2. The van der Waals surface area contributed by atoms with Gasteiger partial charge in [0, 0.05) is 21.5 Å². The fourth-order valence-electron chi connectivity index (χ4n) is 2.14. The Labute approximate surface area is 119 Å². The quantitative estimate of drug-likeness (QED) is 0.763. The van der Waals surface area contributed by atoms with E-state index in [0.717, 1.165) is 27.7 Å². The molecule has 0 atom stereocenters. The number of pyridine rings is 1. The molecular formula is C16H17ClN2. The average Bonchev–Trinajstić information content (AvgIpc) is 2.28. The molecule has 0 N–H and O–H groups in total. The molecule has 2 nitrogen and oxygen atoms in total. The summed E-state index contributed by atoms with van der Waals surface area (Å²) < 4.78 is 0. The predicted octanol–water partition coefficient (Wildman–Crippen LogP) is 4.56. The van der Waals surface area contributed by atoms with Gasteiger partial charge in [0.2, 0.25) is 0 Å². The lowest BCUT2D eigenvalue weighted by atomic mass is 9.89. The Kier molecular flexibility index (Phi) is 3.52. The molecule has 0 radical (unpaired) electrons. The van der Waals surface area contributed by atoms with Gasteiger partial charge < -0.3 is 0 Å². The molecule has 1 aromatic heterocycles. The van der Waals surface area contributed by atoms with Crippen LogP contribution in [0.3, 0.4) is 0 Å². The number of benzene rings is 1. The molecule has 0 spiro atoms. The summed E-state index contributed by atoms with van der Waals surface area (Å²) in [6, 6.07) is 8.07. The Hall–Kier alpha value is -1.59. The van der Waals surface area contributed by atoms with Crippen LogP contribution >= 0.6 is 11.6 Å². The van der Waals surface area contributed by atoms with Crippen LogP contribution in [-0.2, 0) is 11.8 Å². The monoisotopic (exact) mass is 272 g/mol. The van der Waals surface area contributed by atoms with Crippen LogP contribution in [0.5, 0.6) is 0 Å². The molecule has 0 unspecified atom stereocenters. The molecule has 1 heterocycles. The summed E-state index contributed by atoms with van der Waals surface area (Å²) in [7, 11) is 0. The van der Waals surface area contributed by atoms with Crippen molar-refractivity contribution in [2.24, 2.45) is 0 Å². The normalized spacial score (nSPS) is 11.6. The van der Waals surface area contributed by atoms with Crippen LogP contribution in [0.1, 0.15) is 37.6 Å². The fourth-order valence-corrected chi connectivity index (χ4v) is 2.41. The van der Waals surface area contributed by atoms with E-state index in [1.807, 2.05) is 25.1 Å². The fraction of sp³-hybridized carbons (Fsp3) is 0.375. The Morgan fingerprint density at radius 2 is 1.95 bits per heavy atom. The zero-order valence-corrected chi connectivity index (χ0v) is 12.5. The van der Waals surface area contributed by atoms with Gasteiger partial charge in [0.25, 0.3) is 0 Å². The number of nitrogens with zero attached hydrogens (tertiary/aromatic N) is 2. The molecule has 0 saturated carbocycles. The summed E-state index contributed by atoms with van der Waals surface area (Å²) in [6.07, 6.45) is 0.377. The van der Waals surface area contributed by atoms with Gasteiger partial charge in [-0.05, 0) is 36.2 Å². The van der Waals surface area contributed by atoms with Gasteiger partial charge in [-0.3, -0.25) is 4.98 Å². The van der Waals surface area contributed by atoms with Crippen LogP contribution in [0.15, 0.2) is 18.2 Å². The van der Waals surface area contributed by atoms with E-state index in [1.165, 1.54) is 0 Å². The maximum atomic E-state index is 9.01. The van der Waals surface area contributed by atoms with Crippen molar-refractivity contribution < 1.29 is 0 Å². The highest BCUT2D eigenvalue weighted by molar-refractivity contribution is 6.31. The number of aromatic nitrogens is 1. The number of fused-ring (bicyclic) bond motifs is 1. The molecule has 0 bridgehead atoms. The van der Waals surface area contributed by atoms with Gasteiger partial charge in [0.15, 0.2) is 0 Å².